The van der Waals surface area contributed by atoms with Crippen LogP contribution in [0.25, 0.3) is 0 Å². The van der Waals surface area contributed by atoms with Crippen LogP contribution in [0.2, 0.25) is 0 Å². The van der Waals surface area contributed by atoms with Gasteiger partial charge in [-0.05, 0) is 64.2 Å². The highest BCUT2D eigenvalue weighted by atomic mass is 16.6. The average molecular weight is 496 g/mol. The molecule has 0 radical (unpaired) electrons. The van der Waals surface area contributed by atoms with Gasteiger partial charge in [-0.3, -0.25) is 9.59 Å². The van der Waals surface area contributed by atoms with Crippen molar-refractivity contribution in [3.05, 3.63) is 70.8 Å². The summed E-state index contributed by atoms with van der Waals surface area (Å²) in [5.41, 5.74) is 2.81. The summed E-state index contributed by atoms with van der Waals surface area (Å²) in [6, 6.07) is 13.0. The molecule has 8 nitrogen and oxygen atoms in total. The van der Waals surface area contributed by atoms with Crippen molar-refractivity contribution in [1.29, 1.82) is 0 Å². The standard InChI is InChI=1S/C28H37N3O5/c1-18-11-14-22(19(2)15-18)24(25(33)29-16-20-9-7-6-8-10-20)31(21-12-13-21)26(34)23(17-32)30-27(35)36-28(3,4)5/h6-11,14-15,21,23-24,32H,12-13,16-17H2,1-5H3,(H,29,33)(H,30,35). The number of nitrogens with one attached hydrogen (secondary N) is 2. The van der Waals surface area contributed by atoms with Crippen LogP contribution >= 0.6 is 0 Å². The molecule has 0 heterocycles. The number of aliphatic hydroxyl groups excluding tert-OH is 1. The predicted molar refractivity (Wildman–Crippen MR) is 137 cm³/mol. The van der Waals surface area contributed by atoms with Crippen molar-refractivity contribution in [2.75, 3.05) is 6.61 Å². The van der Waals surface area contributed by atoms with E-state index < -0.39 is 36.3 Å². The number of aliphatic hydroxyl groups is 1. The lowest BCUT2D eigenvalue weighted by molar-refractivity contribution is -0.144. The Kier molecular flexibility index (Phi) is 8.74. The summed E-state index contributed by atoms with van der Waals surface area (Å²) in [5.74, 6) is -0.842. The molecule has 3 amide bonds. The first kappa shape index (κ1) is 27.2. The van der Waals surface area contributed by atoms with Crippen LogP contribution in [0, 0.1) is 13.8 Å². The van der Waals surface area contributed by atoms with Crippen LogP contribution in [-0.2, 0) is 20.9 Å². The van der Waals surface area contributed by atoms with E-state index in [4.69, 9.17) is 4.74 Å². The summed E-state index contributed by atoms with van der Waals surface area (Å²) in [5, 5.41) is 15.5. The summed E-state index contributed by atoms with van der Waals surface area (Å²) in [6.45, 7) is 8.72. The Morgan fingerprint density at radius 1 is 1.08 bits per heavy atom. The maximum atomic E-state index is 13.7. The molecule has 0 spiro atoms. The Balaban J connectivity index is 1.92. The van der Waals surface area contributed by atoms with Gasteiger partial charge in [0.2, 0.25) is 11.8 Å². The molecule has 1 fully saturated rings. The Morgan fingerprint density at radius 2 is 1.75 bits per heavy atom. The number of ether oxygens (including phenoxy) is 1. The molecule has 2 aromatic carbocycles. The minimum absolute atomic E-state index is 0.167. The predicted octanol–water partition coefficient (Wildman–Crippen LogP) is 3.54. The smallest absolute Gasteiger partial charge is 0.408 e. The van der Waals surface area contributed by atoms with Crippen molar-refractivity contribution < 1.29 is 24.2 Å². The van der Waals surface area contributed by atoms with Crippen LogP contribution in [0.15, 0.2) is 48.5 Å². The van der Waals surface area contributed by atoms with Crippen LogP contribution in [0.5, 0.6) is 0 Å². The van der Waals surface area contributed by atoms with Crippen molar-refractivity contribution in [3.8, 4) is 0 Å². The molecule has 36 heavy (non-hydrogen) atoms. The van der Waals surface area contributed by atoms with Gasteiger partial charge in [0.25, 0.3) is 0 Å². The number of aryl methyl sites for hydroxylation is 2. The number of amides is 3. The second-order valence-corrected chi connectivity index (χ2v) is 10.3. The second-order valence-electron chi connectivity index (χ2n) is 10.3. The minimum atomic E-state index is -1.24. The Hall–Kier alpha value is -3.39. The van der Waals surface area contributed by atoms with E-state index in [-0.39, 0.29) is 11.9 Å². The van der Waals surface area contributed by atoms with E-state index >= 15 is 0 Å². The minimum Gasteiger partial charge on any atom is -0.444 e. The number of hydrogen-bond acceptors (Lipinski definition) is 5. The van der Waals surface area contributed by atoms with Crippen molar-refractivity contribution in [3.63, 3.8) is 0 Å². The van der Waals surface area contributed by atoms with E-state index in [0.717, 1.165) is 29.5 Å². The molecule has 3 rings (SSSR count). The number of rotatable bonds is 9. The summed E-state index contributed by atoms with van der Waals surface area (Å²) < 4.78 is 5.28. The fraction of sp³-hybridized carbons (Fsp3) is 0.464. The molecular formula is C28H37N3O5. The average Bonchev–Trinajstić information content (AvgIpc) is 3.64. The number of benzene rings is 2. The second kappa shape index (κ2) is 11.6. The first-order valence-corrected chi connectivity index (χ1v) is 12.3. The molecule has 2 unspecified atom stereocenters. The molecule has 0 saturated heterocycles. The molecule has 1 aliphatic rings. The quantitative estimate of drug-likeness (QED) is 0.493. The fourth-order valence-corrected chi connectivity index (χ4v) is 4.12. The molecule has 1 saturated carbocycles. The summed E-state index contributed by atoms with van der Waals surface area (Å²) in [4.78, 5) is 41.3. The molecule has 194 valence electrons. The largest absolute Gasteiger partial charge is 0.444 e. The zero-order valence-corrected chi connectivity index (χ0v) is 21.7. The first-order valence-electron chi connectivity index (χ1n) is 12.3. The highest BCUT2D eigenvalue weighted by Crippen LogP contribution is 2.36. The molecule has 8 heteroatoms. The highest BCUT2D eigenvalue weighted by Gasteiger charge is 2.44. The van der Waals surface area contributed by atoms with Gasteiger partial charge in [0.05, 0.1) is 6.61 Å². The van der Waals surface area contributed by atoms with Gasteiger partial charge in [-0.1, -0.05) is 54.1 Å². The molecule has 2 aromatic rings. The summed E-state index contributed by atoms with van der Waals surface area (Å²) >= 11 is 0. The number of nitrogens with zero attached hydrogens (tertiary/aromatic N) is 1. The van der Waals surface area contributed by atoms with Gasteiger partial charge in [0.1, 0.15) is 17.7 Å². The lowest BCUT2D eigenvalue weighted by Gasteiger charge is -2.35. The first-order chi connectivity index (χ1) is 17.0. The van der Waals surface area contributed by atoms with E-state index in [0.29, 0.717) is 12.1 Å². The molecule has 0 aliphatic heterocycles. The van der Waals surface area contributed by atoms with Crippen LogP contribution in [0.3, 0.4) is 0 Å². The van der Waals surface area contributed by atoms with Crippen molar-refractivity contribution >= 4 is 17.9 Å². The normalized spacial score (nSPS) is 14.9. The Morgan fingerprint density at radius 3 is 2.31 bits per heavy atom. The van der Waals surface area contributed by atoms with Gasteiger partial charge in [-0.2, -0.15) is 0 Å². The van der Waals surface area contributed by atoms with E-state index in [9.17, 15) is 19.5 Å². The van der Waals surface area contributed by atoms with E-state index in [1.54, 1.807) is 20.8 Å². The fourth-order valence-electron chi connectivity index (χ4n) is 4.12. The number of alkyl carbamates (subject to hydrolysis) is 1. The zero-order valence-electron chi connectivity index (χ0n) is 21.7. The monoisotopic (exact) mass is 495 g/mol. The third kappa shape index (κ3) is 7.31. The zero-order chi connectivity index (χ0) is 26.5. The van der Waals surface area contributed by atoms with Crippen LogP contribution in [0.1, 0.15) is 61.9 Å². The van der Waals surface area contributed by atoms with Crippen LogP contribution < -0.4 is 10.6 Å². The maximum Gasteiger partial charge on any atom is 0.408 e. The number of carbonyl (C=O) groups excluding carboxylic acids is 3. The third-order valence-corrected chi connectivity index (χ3v) is 5.92. The van der Waals surface area contributed by atoms with Crippen molar-refractivity contribution in [1.82, 2.24) is 15.5 Å². The lowest BCUT2D eigenvalue weighted by Crippen LogP contribution is -2.55. The van der Waals surface area contributed by atoms with Crippen LogP contribution in [0.4, 0.5) is 4.79 Å². The van der Waals surface area contributed by atoms with Gasteiger partial charge in [-0.25, -0.2) is 4.79 Å². The third-order valence-electron chi connectivity index (χ3n) is 5.92. The molecule has 0 aromatic heterocycles. The van der Waals surface area contributed by atoms with Gasteiger partial charge in [0, 0.05) is 12.6 Å². The Bertz CT molecular complexity index is 1080. The van der Waals surface area contributed by atoms with Gasteiger partial charge < -0.3 is 25.4 Å². The van der Waals surface area contributed by atoms with Crippen LogP contribution in [-0.4, -0.2) is 52.2 Å². The van der Waals surface area contributed by atoms with Crippen molar-refractivity contribution in [2.45, 2.75) is 77.7 Å². The molecule has 3 N–H and O–H groups in total. The lowest BCUT2D eigenvalue weighted by atomic mass is 9.96. The SMILES string of the molecule is Cc1ccc(C(C(=O)NCc2ccccc2)N(C(=O)C(CO)NC(=O)OC(C)(C)C)C2CC2)c(C)c1. The number of carbonyl (C=O) groups is 3. The Labute approximate surface area is 213 Å². The van der Waals surface area contributed by atoms with Gasteiger partial charge in [-0.15, -0.1) is 0 Å². The van der Waals surface area contributed by atoms with E-state index in [1.165, 1.54) is 4.90 Å². The molecule has 1 aliphatic carbocycles. The molecular weight excluding hydrogens is 458 g/mol. The number of hydrogen-bond donors (Lipinski definition) is 3. The summed E-state index contributed by atoms with van der Waals surface area (Å²) in [7, 11) is 0. The van der Waals surface area contributed by atoms with Gasteiger partial charge >= 0.3 is 6.09 Å². The van der Waals surface area contributed by atoms with Crippen molar-refractivity contribution in [2.24, 2.45) is 0 Å². The molecule has 2 atom stereocenters. The van der Waals surface area contributed by atoms with E-state index in [1.807, 2.05) is 62.4 Å². The highest BCUT2D eigenvalue weighted by molar-refractivity contribution is 5.92. The summed E-state index contributed by atoms with van der Waals surface area (Å²) in [6.07, 6.45) is 0.676. The van der Waals surface area contributed by atoms with E-state index in [2.05, 4.69) is 10.6 Å². The van der Waals surface area contributed by atoms with Gasteiger partial charge in [0.15, 0.2) is 0 Å². The molecule has 0 bridgehead atoms. The topological polar surface area (TPSA) is 108 Å². The maximum absolute atomic E-state index is 13.7.